The third kappa shape index (κ3) is 4.54. The van der Waals surface area contributed by atoms with Crippen LogP contribution in [0.3, 0.4) is 0 Å². The number of rotatable bonds is 7. The van der Waals surface area contributed by atoms with E-state index in [0.29, 0.717) is 32.5 Å². The van der Waals surface area contributed by atoms with Crippen molar-refractivity contribution in [1.29, 1.82) is 0 Å². The number of para-hydroxylation sites is 1. The molecule has 28 heavy (non-hydrogen) atoms. The Balaban J connectivity index is 1.80. The van der Waals surface area contributed by atoms with Crippen LogP contribution in [0.5, 0.6) is 5.75 Å². The fourth-order valence-electron chi connectivity index (χ4n) is 3.74. The number of aliphatic hydroxyl groups is 1. The van der Waals surface area contributed by atoms with Crippen LogP contribution in [0.1, 0.15) is 25.3 Å². The van der Waals surface area contributed by atoms with E-state index in [4.69, 9.17) is 9.47 Å². The van der Waals surface area contributed by atoms with Gasteiger partial charge in [0.05, 0.1) is 19.1 Å². The molecule has 1 aliphatic rings. The molecule has 1 saturated heterocycles. The highest BCUT2D eigenvalue weighted by Gasteiger charge is 2.40. The average Bonchev–Trinajstić information content (AvgIpc) is 2.74. The molecule has 1 aliphatic heterocycles. The second-order valence-corrected chi connectivity index (χ2v) is 7.52. The Labute approximate surface area is 166 Å². The van der Waals surface area contributed by atoms with Gasteiger partial charge in [-0.2, -0.15) is 0 Å². The zero-order valence-electron chi connectivity index (χ0n) is 16.6. The maximum absolute atomic E-state index is 13.0. The van der Waals surface area contributed by atoms with E-state index in [1.54, 1.807) is 7.11 Å². The molecule has 0 saturated carbocycles. The van der Waals surface area contributed by atoms with E-state index in [2.05, 4.69) is 29.6 Å². The first-order valence-electron chi connectivity index (χ1n) is 9.80. The van der Waals surface area contributed by atoms with Gasteiger partial charge in [-0.15, -0.1) is 0 Å². The Bertz CT molecular complexity index is 781. The van der Waals surface area contributed by atoms with Crippen LogP contribution >= 0.6 is 0 Å². The van der Waals surface area contributed by atoms with E-state index in [1.807, 2.05) is 31.2 Å². The molecular formula is C23H29NO4. The fraction of sp³-hybridized carbons (Fsp3) is 0.435. The van der Waals surface area contributed by atoms with Gasteiger partial charge in [0.1, 0.15) is 5.75 Å². The van der Waals surface area contributed by atoms with E-state index in [9.17, 15) is 9.90 Å². The smallest absolute Gasteiger partial charge is 0.227 e. The molecule has 1 amide bonds. The van der Waals surface area contributed by atoms with Crippen LogP contribution in [-0.4, -0.2) is 44.0 Å². The van der Waals surface area contributed by atoms with Gasteiger partial charge in [-0.25, -0.2) is 0 Å². The maximum atomic E-state index is 13.0. The maximum Gasteiger partial charge on any atom is 0.227 e. The third-order valence-corrected chi connectivity index (χ3v) is 5.50. The average molecular weight is 383 g/mol. The molecule has 0 unspecified atom stereocenters. The molecule has 2 aromatic carbocycles. The molecule has 1 heterocycles. The first-order valence-corrected chi connectivity index (χ1v) is 9.80. The molecule has 2 aromatic rings. The van der Waals surface area contributed by atoms with Gasteiger partial charge >= 0.3 is 0 Å². The van der Waals surface area contributed by atoms with Crippen molar-refractivity contribution in [3.8, 4) is 16.9 Å². The van der Waals surface area contributed by atoms with Crippen molar-refractivity contribution < 1.29 is 19.4 Å². The summed E-state index contributed by atoms with van der Waals surface area (Å²) in [6.45, 7) is 2.92. The second kappa shape index (κ2) is 9.22. The molecular weight excluding hydrogens is 354 g/mol. The van der Waals surface area contributed by atoms with E-state index < -0.39 is 5.41 Å². The highest BCUT2D eigenvalue weighted by Crippen LogP contribution is 2.36. The molecule has 1 fully saturated rings. The molecule has 1 atom stereocenters. The molecule has 2 N–H and O–H groups in total. The predicted molar refractivity (Wildman–Crippen MR) is 109 cm³/mol. The van der Waals surface area contributed by atoms with Gasteiger partial charge in [0.25, 0.3) is 0 Å². The molecule has 5 heteroatoms. The lowest BCUT2D eigenvalue weighted by Crippen LogP contribution is -2.49. The van der Waals surface area contributed by atoms with Crippen LogP contribution in [0.25, 0.3) is 11.1 Å². The summed E-state index contributed by atoms with van der Waals surface area (Å²) in [5, 5.41) is 12.2. The van der Waals surface area contributed by atoms with Gasteiger partial charge < -0.3 is 19.9 Å². The number of nitrogens with one attached hydrogen (secondary N) is 1. The monoisotopic (exact) mass is 383 g/mol. The Kier molecular flexibility index (Phi) is 6.70. The molecule has 3 rings (SSSR count). The summed E-state index contributed by atoms with van der Waals surface area (Å²) in [5.74, 6) is 0.847. The first kappa shape index (κ1) is 20.4. The van der Waals surface area contributed by atoms with Gasteiger partial charge in [-0.3, -0.25) is 4.79 Å². The highest BCUT2D eigenvalue weighted by molar-refractivity contribution is 5.83. The SMILES string of the molecule is COc1ccccc1-c1ccc(CC2(C(=O)N[C@H](C)CO)CCOCC2)cc1. The van der Waals surface area contributed by atoms with Gasteiger partial charge in [-0.1, -0.05) is 42.5 Å². The van der Waals surface area contributed by atoms with Crippen LogP contribution in [0.2, 0.25) is 0 Å². The number of hydrogen-bond donors (Lipinski definition) is 2. The second-order valence-electron chi connectivity index (χ2n) is 7.52. The van der Waals surface area contributed by atoms with Gasteiger partial charge in [0.15, 0.2) is 0 Å². The van der Waals surface area contributed by atoms with Crippen LogP contribution in [0.4, 0.5) is 0 Å². The van der Waals surface area contributed by atoms with Gasteiger partial charge in [0.2, 0.25) is 5.91 Å². The summed E-state index contributed by atoms with van der Waals surface area (Å²) in [6.07, 6.45) is 2.03. The quantitative estimate of drug-likeness (QED) is 0.771. The highest BCUT2D eigenvalue weighted by atomic mass is 16.5. The van der Waals surface area contributed by atoms with Crippen molar-refractivity contribution in [3.05, 3.63) is 54.1 Å². The minimum atomic E-state index is -0.492. The molecule has 0 spiro atoms. The Hall–Kier alpha value is -2.37. The third-order valence-electron chi connectivity index (χ3n) is 5.50. The van der Waals surface area contributed by atoms with E-state index >= 15 is 0 Å². The minimum Gasteiger partial charge on any atom is -0.496 e. The Morgan fingerprint density at radius 1 is 1.18 bits per heavy atom. The number of benzene rings is 2. The number of ether oxygens (including phenoxy) is 2. The molecule has 0 bridgehead atoms. The number of aliphatic hydroxyl groups excluding tert-OH is 1. The summed E-state index contributed by atoms with van der Waals surface area (Å²) in [6, 6.07) is 16.0. The van der Waals surface area contributed by atoms with Gasteiger partial charge in [-0.05, 0) is 43.4 Å². The van der Waals surface area contributed by atoms with E-state index in [0.717, 1.165) is 22.4 Å². The summed E-state index contributed by atoms with van der Waals surface area (Å²) in [7, 11) is 1.67. The number of carbonyl (C=O) groups is 1. The summed E-state index contributed by atoms with van der Waals surface area (Å²) in [5.41, 5.74) is 2.76. The fourth-order valence-corrected chi connectivity index (χ4v) is 3.74. The topological polar surface area (TPSA) is 67.8 Å². The number of hydrogen-bond acceptors (Lipinski definition) is 4. The number of carbonyl (C=O) groups excluding carboxylic acids is 1. The zero-order valence-corrected chi connectivity index (χ0v) is 16.6. The van der Waals surface area contributed by atoms with Crippen molar-refractivity contribution >= 4 is 5.91 Å². The normalized spacial score (nSPS) is 17.0. The lowest BCUT2D eigenvalue weighted by Gasteiger charge is -2.36. The molecule has 0 radical (unpaired) electrons. The van der Waals surface area contributed by atoms with E-state index in [1.165, 1.54) is 0 Å². The number of amides is 1. The van der Waals surface area contributed by atoms with Crippen LogP contribution in [-0.2, 0) is 16.0 Å². The van der Waals surface area contributed by atoms with Crippen molar-refractivity contribution in [2.75, 3.05) is 26.9 Å². The van der Waals surface area contributed by atoms with Crippen molar-refractivity contribution in [1.82, 2.24) is 5.32 Å². The van der Waals surface area contributed by atoms with Crippen LogP contribution in [0.15, 0.2) is 48.5 Å². The van der Waals surface area contributed by atoms with E-state index in [-0.39, 0.29) is 18.6 Å². The summed E-state index contributed by atoms with van der Waals surface area (Å²) >= 11 is 0. The lowest BCUT2D eigenvalue weighted by atomic mass is 9.74. The molecule has 5 nitrogen and oxygen atoms in total. The van der Waals surface area contributed by atoms with Crippen molar-refractivity contribution in [3.63, 3.8) is 0 Å². The largest absolute Gasteiger partial charge is 0.496 e. The van der Waals surface area contributed by atoms with Gasteiger partial charge in [0, 0.05) is 24.8 Å². The minimum absolute atomic E-state index is 0.00570. The van der Waals surface area contributed by atoms with Crippen molar-refractivity contribution in [2.45, 2.75) is 32.2 Å². The number of methoxy groups -OCH3 is 1. The molecule has 0 aliphatic carbocycles. The Morgan fingerprint density at radius 2 is 1.86 bits per heavy atom. The van der Waals surface area contributed by atoms with Crippen molar-refractivity contribution in [2.24, 2.45) is 5.41 Å². The molecule has 0 aromatic heterocycles. The van der Waals surface area contributed by atoms with Crippen LogP contribution in [0, 0.1) is 5.41 Å². The lowest BCUT2D eigenvalue weighted by molar-refractivity contribution is -0.137. The standard InChI is InChI=1S/C23H29NO4/c1-17(16-25)24-22(26)23(11-13-28-14-12-23)15-18-7-9-19(10-8-18)20-5-3-4-6-21(20)27-2/h3-10,17,25H,11-16H2,1-2H3,(H,24,26)/t17-/m1/s1. The van der Waals surface area contributed by atoms with Crippen LogP contribution < -0.4 is 10.1 Å². The predicted octanol–water partition coefficient (Wildman–Crippen LogP) is 3.20. The zero-order chi connectivity index (χ0) is 20.0. The first-order chi connectivity index (χ1) is 13.6. The molecule has 150 valence electrons. The summed E-state index contributed by atoms with van der Waals surface area (Å²) < 4.78 is 11.0. The summed E-state index contributed by atoms with van der Waals surface area (Å²) in [4.78, 5) is 13.0. The Morgan fingerprint density at radius 3 is 2.50 bits per heavy atom.